The number of amides is 1. The number of anilines is 1. The van der Waals surface area contributed by atoms with Gasteiger partial charge in [0.25, 0.3) is 0 Å². The van der Waals surface area contributed by atoms with Crippen molar-refractivity contribution < 1.29 is 22.0 Å². The highest BCUT2D eigenvalue weighted by Gasteiger charge is 2.42. The zero-order chi connectivity index (χ0) is 24.6. The predicted octanol–water partition coefficient (Wildman–Crippen LogP) is 4.96. The smallest absolute Gasteiger partial charge is 0.247 e. The normalized spacial score (nSPS) is 16.6. The molecule has 0 spiro atoms. The fourth-order valence-electron chi connectivity index (χ4n) is 4.20. The van der Waals surface area contributed by atoms with E-state index in [0.29, 0.717) is 28.2 Å². The molecule has 1 aliphatic rings. The SMILES string of the molecule is O=C(C1CCCN1S(=O)(=O)c1ccc(F)cc1)N(Cc1ccccc1)c1nc2ccc(F)cc2s1. The molecule has 1 unspecified atom stereocenters. The molecule has 0 radical (unpaired) electrons. The van der Waals surface area contributed by atoms with Gasteiger partial charge in [0.1, 0.15) is 17.7 Å². The van der Waals surface area contributed by atoms with Crippen LogP contribution in [0.25, 0.3) is 10.2 Å². The summed E-state index contributed by atoms with van der Waals surface area (Å²) in [6.07, 6.45) is 0.866. The van der Waals surface area contributed by atoms with E-state index in [4.69, 9.17) is 0 Å². The number of carbonyl (C=O) groups excluding carboxylic acids is 1. The predicted molar refractivity (Wildman–Crippen MR) is 131 cm³/mol. The summed E-state index contributed by atoms with van der Waals surface area (Å²) in [5.41, 5.74) is 1.40. The lowest BCUT2D eigenvalue weighted by molar-refractivity contribution is -0.121. The van der Waals surface area contributed by atoms with Crippen LogP contribution in [0.5, 0.6) is 0 Å². The molecule has 1 amide bonds. The van der Waals surface area contributed by atoms with Crippen molar-refractivity contribution in [1.82, 2.24) is 9.29 Å². The van der Waals surface area contributed by atoms with Crippen molar-refractivity contribution >= 4 is 42.6 Å². The first-order chi connectivity index (χ1) is 16.8. The Morgan fingerprint density at radius 1 is 1.03 bits per heavy atom. The Morgan fingerprint density at radius 3 is 2.49 bits per heavy atom. The van der Waals surface area contributed by atoms with Crippen LogP contribution in [0, 0.1) is 11.6 Å². The zero-order valence-corrected chi connectivity index (χ0v) is 20.1. The van der Waals surface area contributed by atoms with Gasteiger partial charge >= 0.3 is 0 Å². The minimum Gasteiger partial charge on any atom is -0.282 e. The number of sulfonamides is 1. The van der Waals surface area contributed by atoms with Crippen molar-refractivity contribution in [2.45, 2.75) is 30.3 Å². The van der Waals surface area contributed by atoms with Gasteiger partial charge in [0, 0.05) is 6.54 Å². The second-order valence-corrected chi connectivity index (χ2v) is 11.1. The van der Waals surface area contributed by atoms with Gasteiger partial charge in [-0.3, -0.25) is 9.69 Å². The van der Waals surface area contributed by atoms with Crippen LogP contribution in [-0.4, -0.2) is 36.2 Å². The van der Waals surface area contributed by atoms with Crippen molar-refractivity contribution in [3.05, 3.63) is 90.0 Å². The zero-order valence-electron chi connectivity index (χ0n) is 18.5. The number of thiazole rings is 1. The third-order valence-electron chi connectivity index (χ3n) is 5.93. The highest BCUT2D eigenvalue weighted by molar-refractivity contribution is 7.89. The Bertz CT molecular complexity index is 1480. The number of hydrogen-bond acceptors (Lipinski definition) is 5. The van der Waals surface area contributed by atoms with E-state index in [1.165, 1.54) is 44.8 Å². The molecule has 6 nitrogen and oxygen atoms in total. The quantitative estimate of drug-likeness (QED) is 0.365. The molecule has 1 aliphatic heterocycles. The molecule has 1 fully saturated rings. The Balaban J connectivity index is 1.52. The summed E-state index contributed by atoms with van der Waals surface area (Å²) < 4.78 is 55.6. The number of nitrogens with zero attached hydrogens (tertiary/aromatic N) is 3. The van der Waals surface area contributed by atoms with Crippen LogP contribution >= 0.6 is 11.3 Å². The molecule has 2 heterocycles. The van der Waals surface area contributed by atoms with Gasteiger partial charge in [-0.2, -0.15) is 4.31 Å². The van der Waals surface area contributed by atoms with Crippen LogP contribution in [0.1, 0.15) is 18.4 Å². The molecule has 0 N–H and O–H groups in total. The summed E-state index contributed by atoms with van der Waals surface area (Å²) in [6.45, 7) is 0.364. The number of carbonyl (C=O) groups is 1. The minimum atomic E-state index is -4.02. The first-order valence-corrected chi connectivity index (χ1v) is 13.3. The summed E-state index contributed by atoms with van der Waals surface area (Å²) in [7, 11) is -4.02. The molecule has 1 saturated heterocycles. The van der Waals surface area contributed by atoms with Gasteiger partial charge in [-0.15, -0.1) is 0 Å². The topological polar surface area (TPSA) is 70.6 Å². The lowest BCUT2D eigenvalue weighted by atomic mass is 10.1. The van der Waals surface area contributed by atoms with Crippen LogP contribution in [0.4, 0.5) is 13.9 Å². The highest BCUT2D eigenvalue weighted by atomic mass is 32.2. The molecule has 180 valence electrons. The maximum atomic E-state index is 13.9. The maximum absolute atomic E-state index is 13.9. The fraction of sp³-hybridized carbons (Fsp3) is 0.200. The van der Waals surface area contributed by atoms with E-state index >= 15 is 0 Å². The summed E-state index contributed by atoms with van der Waals surface area (Å²) in [5.74, 6) is -1.35. The Hall–Kier alpha value is -3.21. The monoisotopic (exact) mass is 513 g/mol. The van der Waals surface area contributed by atoms with Gasteiger partial charge in [0.05, 0.1) is 21.7 Å². The first-order valence-electron chi connectivity index (χ1n) is 11.0. The summed E-state index contributed by atoms with van der Waals surface area (Å²) in [5, 5.41) is 0.366. The second kappa shape index (κ2) is 9.44. The fourth-order valence-corrected chi connectivity index (χ4v) is 6.85. The molecule has 1 aromatic heterocycles. The van der Waals surface area contributed by atoms with E-state index in [9.17, 15) is 22.0 Å². The third kappa shape index (κ3) is 4.69. The summed E-state index contributed by atoms with van der Waals surface area (Å²) in [4.78, 5) is 19.8. The largest absolute Gasteiger partial charge is 0.282 e. The lowest BCUT2D eigenvalue weighted by Crippen LogP contribution is -2.47. The van der Waals surface area contributed by atoms with E-state index in [1.807, 2.05) is 30.3 Å². The lowest BCUT2D eigenvalue weighted by Gasteiger charge is -2.28. The van der Waals surface area contributed by atoms with Crippen LogP contribution in [0.3, 0.4) is 0 Å². The van der Waals surface area contributed by atoms with Crippen LogP contribution < -0.4 is 4.90 Å². The average molecular weight is 514 g/mol. The van der Waals surface area contributed by atoms with Crippen LogP contribution in [-0.2, 0) is 21.4 Å². The Kier molecular flexibility index (Phi) is 6.35. The second-order valence-electron chi connectivity index (χ2n) is 8.25. The van der Waals surface area contributed by atoms with Crippen LogP contribution in [0.2, 0.25) is 0 Å². The highest BCUT2D eigenvalue weighted by Crippen LogP contribution is 2.34. The minimum absolute atomic E-state index is 0.0660. The van der Waals surface area contributed by atoms with Crippen molar-refractivity contribution in [3.8, 4) is 0 Å². The van der Waals surface area contributed by atoms with Crippen molar-refractivity contribution in [1.29, 1.82) is 0 Å². The van der Waals surface area contributed by atoms with E-state index in [1.54, 1.807) is 6.07 Å². The van der Waals surface area contributed by atoms with E-state index in [0.717, 1.165) is 17.7 Å². The van der Waals surface area contributed by atoms with E-state index in [-0.39, 0.29) is 18.0 Å². The van der Waals surface area contributed by atoms with Gasteiger partial charge in [0.15, 0.2) is 5.13 Å². The molecule has 0 aliphatic carbocycles. The summed E-state index contributed by atoms with van der Waals surface area (Å²) >= 11 is 1.18. The van der Waals surface area contributed by atoms with Crippen molar-refractivity contribution in [2.24, 2.45) is 0 Å². The molecular formula is C25H21F2N3O3S2. The van der Waals surface area contributed by atoms with Crippen molar-refractivity contribution in [2.75, 3.05) is 11.4 Å². The molecule has 0 bridgehead atoms. The number of halogens is 2. The van der Waals surface area contributed by atoms with Gasteiger partial charge in [-0.1, -0.05) is 41.7 Å². The third-order valence-corrected chi connectivity index (χ3v) is 8.89. The van der Waals surface area contributed by atoms with Crippen molar-refractivity contribution in [3.63, 3.8) is 0 Å². The van der Waals surface area contributed by atoms with Gasteiger partial charge in [-0.25, -0.2) is 22.2 Å². The Morgan fingerprint density at radius 2 is 1.74 bits per heavy atom. The number of aromatic nitrogens is 1. The van der Waals surface area contributed by atoms with E-state index in [2.05, 4.69) is 4.98 Å². The van der Waals surface area contributed by atoms with Gasteiger partial charge < -0.3 is 0 Å². The molecular weight excluding hydrogens is 492 g/mol. The Labute approximate surface area is 205 Å². The number of rotatable bonds is 6. The maximum Gasteiger partial charge on any atom is 0.247 e. The molecule has 10 heteroatoms. The molecule has 1 atom stereocenters. The molecule has 5 rings (SSSR count). The van der Waals surface area contributed by atoms with Gasteiger partial charge in [0.2, 0.25) is 15.9 Å². The number of fused-ring (bicyclic) bond motifs is 1. The van der Waals surface area contributed by atoms with E-state index < -0.39 is 33.6 Å². The van der Waals surface area contributed by atoms with Crippen LogP contribution in [0.15, 0.2) is 77.7 Å². The number of benzene rings is 3. The number of hydrogen-bond donors (Lipinski definition) is 0. The molecule has 4 aromatic rings. The molecule has 0 saturated carbocycles. The molecule has 3 aromatic carbocycles. The summed E-state index contributed by atoms with van der Waals surface area (Å²) in [6, 6.07) is 17.2. The van der Waals surface area contributed by atoms with Gasteiger partial charge in [-0.05, 0) is 60.9 Å². The molecule has 35 heavy (non-hydrogen) atoms. The first kappa shape index (κ1) is 23.5. The average Bonchev–Trinajstić information content (AvgIpc) is 3.50. The standard InChI is InChI=1S/C25H21F2N3O3S2/c26-18-8-11-20(12-9-18)35(32,33)30-14-4-7-22(30)24(31)29(16-17-5-2-1-3-6-17)25-28-21-13-10-19(27)15-23(21)34-25/h1-3,5-6,8-13,15,22H,4,7,14,16H2.